The van der Waals surface area contributed by atoms with Crippen LogP contribution in [-0.4, -0.2) is 5.91 Å². The van der Waals surface area contributed by atoms with Crippen molar-refractivity contribution in [2.24, 2.45) is 8.44 Å². The molecule has 0 aromatic carbocycles. The Labute approximate surface area is 55.7 Å². The Balaban J connectivity index is 3.37. The summed E-state index contributed by atoms with van der Waals surface area (Å²) in [6, 6.07) is 0. The average molecular weight is 212 g/mol. The van der Waals surface area contributed by atoms with Gasteiger partial charge in [0.2, 0.25) is 0 Å². The van der Waals surface area contributed by atoms with E-state index in [1.807, 2.05) is 0 Å². The van der Waals surface area contributed by atoms with Gasteiger partial charge < -0.3 is 0 Å². The second-order valence-corrected chi connectivity index (χ2v) is 1.35. The van der Waals surface area contributed by atoms with Crippen LogP contribution in [0.5, 0.6) is 0 Å². The van der Waals surface area contributed by atoms with E-state index in [1.54, 1.807) is 29.8 Å². The van der Waals surface area contributed by atoms with E-state index in [9.17, 15) is 4.79 Å². The van der Waals surface area contributed by atoms with Crippen molar-refractivity contribution in [3.05, 3.63) is 0 Å². The van der Waals surface area contributed by atoms with Gasteiger partial charge in [-0.2, -0.15) is 0 Å². The van der Waals surface area contributed by atoms with E-state index in [2.05, 4.69) is 8.44 Å². The summed E-state index contributed by atoms with van der Waals surface area (Å²) >= 11 is 1.66. The van der Waals surface area contributed by atoms with Crippen LogP contribution >= 0.6 is 22.9 Å². The first-order chi connectivity index (χ1) is 3.31. The normalized spacial score (nSPS) is 10.0. The van der Waals surface area contributed by atoms with Gasteiger partial charge >= 0.3 is 0 Å². The summed E-state index contributed by atoms with van der Waals surface area (Å²) in [4.78, 5) is 10.1. The first-order valence-electron chi connectivity index (χ1n) is 1.86. The van der Waals surface area contributed by atoms with E-state index >= 15 is 0 Å². The lowest BCUT2D eigenvalue weighted by molar-refractivity contribution is -0.117. The molecule has 0 aliphatic heterocycles. The van der Waals surface area contributed by atoms with Gasteiger partial charge in [0.25, 0.3) is 5.91 Å². The molecule has 0 aromatic heterocycles. The van der Waals surface area contributed by atoms with E-state index in [4.69, 9.17) is 0 Å². The van der Waals surface area contributed by atoms with Crippen LogP contribution in [0.15, 0.2) is 8.44 Å². The Morgan fingerprint density at radius 3 is 2.57 bits per heavy atom. The van der Waals surface area contributed by atoms with Crippen LogP contribution in [0.25, 0.3) is 0 Å². The Morgan fingerprint density at radius 2 is 2.43 bits per heavy atom. The van der Waals surface area contributed by atoms with Crippen molar-refractivity contribution in [2.45, 2.75) is 13.3 Å². The number of carbonyl (C=O) groups excluding carboxylic acids is 1. The third-order valence-corrected chi connectivity index (χ3v) is 0.668. The summed E-state index contributed by atoms with van der Waals surface area (Å²) in [6.45, 7) is 1.74. The van der Waals surface area contributed by atoms with E-state index in [1.165, 1.54) is 0 Å². The van der Waals surface area contributed by atoms with Gasteiger partial charge in [0, 0.05) is 6.42 Å². The standard InChI is InChI=1S/C3H5IN2O/c1-2-3(7)5-6-4/h2H2,1H3. The molecule has 0 aliphatic carbocycles. The molecular formula is C3H5IN2O. The minimum Gasteiger partial charge on any atom is -0.271 e. The molecule has 0 N–H and O–H groups in total. The number of carbonyl (C=O) groups is 1. The van der Waals surface area contributed by atoms with Gasteiger partial charge in [-0.3, -0.25) is 4.79 Å². The summed E-state index contributed by atoms with van der Waals surface area (Å²) in [6.07, 6.45) is 0.437. The lowest BCUT2D eigenvalue weighted by atomic mass is 10.5. The van der Waals surface area contributed by atoms with Crippen molar-refractivity contribution in [1.29, 1.82) is 0 Å². The highest BCUT2D eigenvalue weighted by molar-refractivity contribution is 14.1. The second kappa shape index (κ2) is 4.17. The maximum Gasteiger partial charge on any atom is 0.264 e. The predicted molar refractivity (Wildman–Crippen MR) is 34.2 cm³/mol. The van der Waals surface area contributed by atoms with Crippen LogP contribution in [0.1, 0.15) is 13.3 Å². The summed E-state index contributed by atoms with van der Waals surface area (Å²) in [7, 11) is 0. The average Bonchev–Trinajstić information content (AvgIpc) is 1.68. The van der Waals surface area contributed by atoms with Crippen LogP contribution < -0.4 is 0 Å². The monoisotopic (exact) mass is 212 g/mol. The Bertz CT molecular complexity index is 90.9. The molecule has 1 amide bonds. The Hall–Kier alpha value is 0. The number of hydrogen-bond donors (Lipinski definition) is 0. The summed E-state index contributed by atoms with van der Waals surface area (Å²) in [5.74, 6) is -0.172. The van der Waals surface area contributed by atoms with Gasteiger partial charge in [-0.25, -0.2) is 0 Å². The SMILES string of the molecule is CCC(=O)N=NI. The van der Waals surface area contributed by atoms with Gasteiger partial charge in [0.05, 0.1) is 0 Å². The molecule has 0 spiro atoms. The zero-order valence-electron chi connectivity index (χ0n) is 3.89. The molecule has 0 aromatic rings. The predicted octanol–water partition coefficient (Wildman–Crippen LogP) is 1.73. The zero-order chi connectivity index (χ0) is 5.70. The molecule has 0 saturated heterocycles. The molecule has 7 heavy (non-hydrogen) atoms. The molecule has 40 valence electrons. The molecule has 0 unspecified atom stereocenters. The maximum atomic E-state index is 10.1. The molecule has 3 nitrogen and oxygen atoms in total. The lowest BCUT2D eigenvalue weighted by Crippen LogP contribution is -1.83. The summed E-state index contributed by atoms with van der Waals surface area (Å²) in [5.41, 5.74) is 0. The van der Waals surface area contributed by atoms with Gasteiger partial charge in [-0.15, -0.1) is 8.44 Å². The fraction of sp³-hybridized carbons (Fsp3) is 0.667. The molecule has 0 rings (SSSR count). The number of amides is 1. The van der Waals surface area contributed by atoms with Crippen LogP contribution in [0.2, 0.25) is 0 Å². The number of halogens is 1. The van der Waals surface area contributed by atoms with Gasteiger partial charge in [0.15, 0.2) is 0 Å². The molecular weight excluding hydrogens is 207 g/mol. The molecule has 0 atom stereocenters. The van der Waals surface area contributed by atoms with Crippen molar-refractivity contribution >= 4 is 28.8 Å². The van der Waals surface area contributed by atoms with Crippen molar-refractivity contribution < 1.29 is 4.79 Å². The molecule has 0 fully saturated rings. The maximum absolute atomic E-state index is 10.1. The van der Waals surface area contributed by atoms with Gasteiger partial charge in [0.1, 0.15) is 22.9 Å². The van der Waals surface area contributed by atoms with Crippen molar-refractivity contribution in [1.82, 2.24) is 0 Å². The molecule has 0 radical (unpaired) electrons. The summed E-state index contributed by atoms with van der Waals surface area (Å²) < 4.78 is 3.25. The van der Waals surface area contributed by atoms with Crippen molar-refractivity contribution in [3.8, 4) is 0 Å². The quantitative estimate of drug-likeness (QED) is 0.481. The smallest absolute Gasteiger partial charge is 0.264 e. The summed E-state index contributed by atoms with van der Waals surface area (Å²) in [5, 5.41) is 3.22. The molecule has 4 heteroatoms. The topological polar surface area (TPSA) is 41.8 Å². The first kappa shape index (κ1) is 7.00. The third kappa shape index (κ3) is 3.84. The zero-order valence-corrected chi connectivity index (χ0v) is 6.05. The first-order valence-corrected chi connectivity index (χ1v) is 2.82. The second-order valence-electron chi connectivity index (χ2n) is 0.923. The lowest BCUT2D eigenvalue weighted by Gasteiger charge is -1.75. The largest absolute Gasteiger partial charge is 0.271 e. The minimum atomic E-state index is -0.172. The molecule has 0 bridgehead atoms. The Kier molecular flexibility index (Phi) is 4.17. The molecule has 0 aliphatic rings. The number of hydrogen-bond acceptors (Lipinski definition) is 2. The van der Waals surface area contributed by atoms with Crippen molar-refractivity contribution in [2.75, 3.05) is 0 Å². The van der Waals surface area contributed by atoms with E-state index in [-0.39, 0.29) is 5.91 Å². The molecule has 0 saturated carbocycles. The molecule has 0 heterocycles. The highest BCUT2D eigenvalue weighted by Crippen LogP contribution is 1.88. The third-order valence-electron chi connectivity index (χ3n) is 0.452. The van der Waals surface area contributed by atoms with Crippen LogP contribution in [-0.2, 0) is 4.79 Å². The fourth-order valence-electron chi connectivity index (χ4n) is 0.113. The Morgan fingerprint density at radius 1 is 1.86 bits per heavy atom. The van der Waals surface area contributed by atoms with E-state index < -0.39 is 0 Å². The fourth-order valence-corrected chi connectivity index (χ4v) is 0.354. The highest BCUT2D eigenvalue weighted by atomic mass is 127. The van der Waals surface area contributed by atoms with Crippen molar-refractivity contribution in [3.63, 3.8) is 0 Å². The highest BCUT2D eigenvalue weighted by Gasteiger charge is 1.87. The van der Waals surface area contributed by atoms with Crippen LogP contribution in [0.3, 0.4) is 0 Å². The van der Waals surface area contributed by atoms with Crippen LogP contribution in [0, 0.1) is 0 Å². The van der Waals surface area contributed by atoms with Gasteiger partial charge in [-0.05, 0) is 0 Å². The minimum absolute atomic E-state index is 0.172. The number of rotatable bonds is 1. The number of nitrogens with zero attached hydrogens (tertiary/aromatic N) is 2. The van der Waals surface area contributed by atoms with Crippen LogP contribution in [0.4, 0.5) is 0 Å². The van der Waals surface area contributed by atoms with Gasteiger partial charge in [-0.1, -0.05) is 6.92 Å². The van der Waals surface area contributed by atoms with E-state index in [0.29, 0.717) is 6.42 Å². The van der Waals surface area contributed by atoms with E-state index in [0.717, 1.165) is 0 Å².